The Morgan fingerprint density at radius 1 is 1.04 bits per heavy atom. The van der Waals surface area contributed by atoms with Gasteiger partial charge in [-0.15, -0.1) is 0 Å². The molecule has 1 atom stereocenters. The first kappa shape index (κ1) is 19.8. The van der Waals surface area contributed by atoms with Gasteiger partial charge in [-0.2, -0.15) is 0 Å². The van der Waals surface area contributed by atoms with Crippen LogP contribution in [0.25, 0.3) is 0 Å². The topological polar surface area (TPSA) is 52.0 Å². The van der Waals surface area contributed by atoms with Crippen molar-refractivity contribution >= 4 is 11.6 Å². The molecule has 1 unspecified atom stereocenters. The van der Waals surface area contributed by atoms with Gasteiger partial charge in [-0.3, -0.25) is 4.79 Å². The smallest absolute Gasteiger partial charge is 0.279 e. The fourth-order valence-corrected chi connectivity index (χ4v) is 2.83. The summed E-state index contributed by atoms with van der Waals surface area (Å²) in [5.74, 6) is 1.66. The number of benzene rings is 2. The summed E-state index contributed by atoms with van der Waals surface area (Å²) < 4.78 is 11.0. The van der Waals surface area contributed by atoms with E-state index in [2.05, 4.69) is 32.2 Å². The lowest BCUT2D eigenvalue weighted by Gasteiger charge is -2.18. The van der Waals surface area contributed by atoms with E-state index in [1.165, 1.54) is 16.0 Å². The Morgan fingerprint density at radius 3 is 2.27 bits per heavy atom. The number of rotatable bonds is 9. The van der Waals surface area contributed by atoms with Crippen LogP contribution < -0.4 is 19.7 Å². The van der Waals surface area contributed by atoms with Gasteiger partial charge in [0.15, 0.2) is 6.54 Å². The molecule has 26 heavy (non-hydrogen) atoms. The highest BCUT2D eigenvalue weighted by atomic mass is 16.5. The molecule has 0 aliphatic carbocycles. The number of methoxy groups -OCH3 is 1. The molecule has 0 radical (unpaired) electrons. The van der Waals surface area contributed by atoms with Crippen LogP contribution in [0.4, 0.5) is 5.69 Å². The third-order valence-electron chi connectivity index (χ3n) is 4.20. The molecule has 5 nitrogen and oxygen atoms in total. The van der Waals surface area contributed by atoms with Crippen LogP contribution in [0.2, 0.25) is 0 Å². The minimum absolute atomic E-state index is 0.00147. The molecule has 0 spiro atoms. The molecule has 0 aliphatic rings. The van der Waals surface area contributed by atoms with Crippen LogP contribution in [-0.2, 0) is 4.79 Å². The van der Waals surface area contributed by atoms with E-state index in [0.717, 1.165) is 30.3 Å². The van der Waals surface area contributed by atoms with Crippen LogP contribution in [0.1, 0.15) is 18.1 Å². The van der Waals surface area contributed by atoms with E-state index in [0.29, 0.717) is 13.2 Å². The quantitative estimate of drug-likeness (QED) is 0.724. The average molecular weight is 357 g/mol. The number of carbonyl (C=O) groups excluding carboxylic acids is 1. The van der Waals surface area contributed by atoms with Crippen LogP contribution >= 0.6 is 0 Å². The number of hydrogen-bond acceptors (Lipinski definition) is 3. The third-order valence-corrected chi connectivity index (χ3v) is 4.20. The monoisotopic (exact) mass is 357 g/mol. The number of anilines is 1. The van der Waals surface area contributed by atoms with Gasteiger partial charge >= 0.3 is 0 Å². The number of ether oxygens (including phenoxy) is 2. The zero-order valence-electron chi connectivity index (χ0n) is 16.1. The Kier molecular flexibility index (Phi) is 7.48. The lowest BCUT2D eigenvalue weighted by atomic mass is 10.1. The molecule has 2 rings (SSSR count). The normalized spacial score (nSPS) is 11.7. The van der Waals surface area contributed by atoms with Gasteiger partial charge in [-0.1, -0.05) is 6.07 Å². The third kappa shape index (κ3) is 6.41. The summed E-state index contributed by atoms with van der Waals surface area (Å²) >= 11 is 0. The number of aryl methyl sites for hydroxylation is 2. The summed E-state index contributed by atoms with van der Waals surface area (Å²) in [6, 6.07) is 13.5. The zero-order chi connectivity index (χ0) is 18.9. The maximum Gasteiger partial charge on any atom is 0.279 e. The van der Waals surface area contributed by atoms with Gasteiger partial charge in [0.25, 0.3) is 5.91 Å². The van der Waals surface area contributed by atoms with E-state index in [1.807, 2.05) is 36.4 Å². The summed E-state index contributed by atoms with van der Waals surface area (Å²) in [5, 5.41) is 2.92. The molecule has 0 saturated carbocycles. The van der Waals surface area contributed by atoms with Gasteiger partial charge in [0.2, 0.25) is 0 Å². The fourth-order valence-electron chi connectivity index (χ4n) is 2.83. The number of carbonyl (C=O) groups is 1. The highest BCUT2D eigenvalue weighted by molar-refractivity contribution is 5.91. The predicted molar refractivity (Wildman–Crippen MR) is 104 cm³/mol. The van der Waals surface area contributed by atoms with E-state index < -0.39 is 0 Å². The summed E-state index contributed by atoms with van der Waals surface area (Å²) in [5.41, 5.74) is 3.16. The van der Waals surface area contributed by atoms with Crippen molar-refractivity contribution in [2.24, 2.45) is 0 Å². The number of nitrogens with one attached hydrogen (secondary N) is 2. The van der Waals surface area contributed by atoms with Gasteiger partial charge in [-0.05, 0) is 68.3 Å². The first-order valence-electron chi connectivity index (χ1n) is 8.98. The predicted octanol–water partition coefficient (Wildman–Crippen LogP) is 2.23. The van der Waals surface area contributed by atoms with Crippen molar-refractivity contribution < 1.29 is 19.2 Å². The van der Waals surface area contributed by atoms with Crippen LogP contribution in [0.3, 0.4) is 0 Å². The lowest BCUT2D eigenvalue weighted by Crippen LogP contribution is -3.13. The second-order valence-electron chi connectivity index (χ2n) is 6.48. The van der Waals surface area contributed by atoms with Crippen LogP contribution in [0.15, 0.2) is 42.5 Å². The minimum Gasteiger partial charge on any atom is -0.497 e. The summed E-state index contributed by atoms with van der Waals surface area (Å²) in [6.07, 6.45) is 0. The number of likely N-dealkylation sites (N-methyl/N-ethyl adjacent to an activating group) is 1. The largest absolute Gasteiger partial charge is 0.497 e. The van der Waals surface area contributed by atoms with Gasteiger partial charge in [0.05, 0.1) is 13.7 Å². The van der Waals surface area contributed by atoms with Gasteiger partial charge in [0.1, 0.15) is 24.7 Å². The summed E-state index contributed by atoms with van der Waals surface area (Å²) in [6.45, 7) is 8.85. The van der Waals surface area contributed by atoms with Gasteiger partial charge < -0.3 is 19.7 Å². The van der Waals surface area contributed by atoms with Crippen LogP contribution in [-0.4, -0.2) is 39.3 Å². The van der Waals surface area contributed by atoms with Crippen molar-refractivity contribution in [1.29, 1.82) is 0 Å². The number of quaternary nitrogens is 1. The van der Waals surface area contributed by atoms with Crippen LogP contribution in [0.5, 0.6) is 11.5 Å². The Balaban J connectivity index is 1.79. The molecule has 140 valence electrons. The van der Waals surface area contributed by atoms with E-state index in [1.54, 1.807) is 7.11 Å². The first-order valence-corrected chi connectivity index (χ1v) is 8.98. The standard InChI is InChI=1S/C21H28N2O3/c1-5-23(10-11-26-20-13-16(2)12-17(3)14-20)15-21(24)22-18-6-8-19(25-4)9-7-18/h6-9,12-14H,5,10-11,15H2,1-4H3,(H,22,24)/p+1. The first-order chi connectivity index (χ1) is 12.5. The maximum atomic E-state index is 12.3. The van der Waals surface area contributed by atoms with Crippen LogP contribution in [0, 0.1) is 13.8 Å². The van der Waals surface area contributed by atoms with E-state index in [-0.39, 0.29) is 5.91 Å². The maximum absolute atomic E-state index is 12.3. The van der Waals surface area contributed by atoms with Crippen molar-refractivity contribution in [3.63, 3.8) is 0 Å². The molecular formula is C21H29N2O3+. The van der Waals surface area contributed by atoms with E-state index >= 15 is 0 Å². The Hall–Kier alpha value is -2.53. The van der Waals surface area contributed by atoms with E-state index in [4.69, 9.17) is 9.47 Å². The molecule has 0 fully saturated rings. The van der Waals surface area contributed by atoms with E-state index in [9.17, 15) is 4.79 Å². The molecule has 2 aromatic rings. The Morgan fingerprint density at radius 2 is 1.69 bits per heavy atom. The number of hydrogen-bond donors (Lipinski definition) is 2. The molecule has 0 saturated heterocycles. The Labute approximate surface area is 155 Å². The van der Waals surface area contributed by atoms with Crippen molar-refractivity contribution in [2.75, 3.05) is 38.7 Å². The highest BCUT2D eigenvalue weighted by Crippen LogP contribution is 2.16. The van der Waals surface area contributed by atoms with Gasteiger partial charge in [0, 0.05) is 5.69 Å². The van der Waals surface area contributed by atoms with Gasteiger partial charge in [-0.25, -0.2) is 0 Å². The fraction of sp³-hybridized carbons (Fsp3) is 0.381. The number of amides is 1. The minimum atomic E-state index is -0.00147. The molecule has 0 aromatic heterocycles. The SMILES string of the molecule is CC[NH+](CCOc1cc(C)cc(C)c1)CC(=O)Nc1ccc(OC)cc1. The molecule has 0 aliphatic heterocycles. The van der Waals surface area contributed by atoms with Crippen molar-refractivity contribution in [3.05, 3.63) is 53.6 Å². The second kappa shape index (κ2) is 9.82. The highest BCUT2D eigenvalue weighted by Gasteiger charge is 2.13. The zero-order valence-corrected chi connectivity index (χ0v) is 16.1. The molecule has 0 heterocycles. The summed E-state index contributed by atoms with van der Waals surface area (Å²) in [7, 11) is 1.62. The second-order valence-corrected chi connectivity index (χ2v) is 6.48. The average Bonchev–Trinajstić information content (AvgIpc) is 2.60. The van der Waals surface area contributed by atoms with Crippen molar-refractivity contribution in [3.8, 4) is 11.5 Å². The molecular weight excluding hydrogens is 328 g/mol. The van der Waals surface area contributed by atoms with Crippen molar-refractivity contribution in [1.82, 2.24) is 0 Å². The molecule has 5 heteroatoms. The van der Waals surface area contributed by atoms with Crippen molar-refractivity contribution in [2.45, 2.75) is 20.8 Å². The Bertz CT molecular complexity index is 693. The molecule has 2 aromatic carbocycles. The summed E-state index contributed by atoms with van der Waals surface area (Å²) in [4.78, 5) is 13.4. The lowest BCUT2D eigenvalue weighted by molar-refractivity contribution is -0.889. The molecule has 1 amide bonds. The molecule has 0 bridgehead atoms. The molecule has 2 N–H and O–H groups in total.